The molecule has 0 bridgehead atoms. The zero-order valence-electron chi connectivity index (χ0n) is 15.3. The Labute approximate surface area is 165 Å². The Balaban J connectivity index is 1.66. The molecule has 1 nitrogen and oxygen atoms in total. The van der Waals surface area contributed by atoms with Gasteiger partial charge in [0.2, 0.25) is 0 Å². The molecule has 0 saturated heterocycles. The van der Waals surface area contributed by atoms with Gasteiger partial charge in [-0.05, 0) is 60.8 Å². The van der Waals surface area contributed by atoms with Crippen LogP contribution in [0.5, 0.6) is 0 Å². The van der Waals surface area contributed by atoms with E-state index >= 15 is 0 Å². The number of hydrogen-bond donors (Lipinski definition) is 0. The zero-order chi connectivity index (χ0) is 18.5. The Kier molecular flexibility index (Phi) is 6.94. The molecular formula is C22H26Cl2FN. The van der Waals surface area contributed by atoms with E-state index in [0.717, 1.165) is 35.4 Å². The highest BCUT2D eigenvalue weighted by Crippen LogP contribution is 2.39. The highest BCUT2D eigenvalue weighted by Gasteiger charge is 2.24. The van der Waals surface area contributed by atoms with Crippen LogP contribution in [0.2, 0.25) is 10.2 Å². The van der Waals surface area contributed by atoms with Gasteiger partial charge in [-0.25, -0.2) is 9.37 Å². The van der Waals surface area contributed by atoms with Crippen LogP contribution in [0.1, 0.15) is 69.8 Å². The van der Waals surface area contributed by atoms with Crippen LogP contribution in [0.15, 0.2) is 30.5 Å². The topological polar surface area (TPSA) is 12.9 Å². The Morgan fingerprint density at radius 3 is 2.46 bits per heavy atom. The predicted octanol–water partition coefficient (Wildman–Crippen LogP) is 8.05. The maximum absolute atomic E-state index is 14.8. The van der Waals surface area contributed by atoms with Gasteiger partial charge in [0.1, 0.15) is 11.0 Å². The molecule has 2 aromatic rings. The quantitative estimate of drug-likeness (QED) is 0.357. The second-order valence-corrected chi connectivity index (χ2v) is 8.21. The van der Waals surface area contributed by atoms with E-state index in [-0.39, 0.29) is 11.0 Å². The summed E-state index contributed by atoms with van der Waals surface area (Å²) < 4.78 is 14.8. The molecule has 0 atom stereocenters. The largest absolute Gasteiger partial charge is 0.242 e. The monoisotopic (exact) mass is 393 g/mol. The Morgan fingerprint density at radius 1 is 1.04 bits per heavy atom. The van der Waals surface area contributed by atoms with Crippen molar-refractivity contribution in [3.63, 3.8) is 0 Å². The fraction of sp³-hybridized carbons (Fsp3) is 0.500. The van der Waals surface area contributed by atoms with Gasteiger partial charge in [0, 0.05) is 11.8 Å². The van der Waals surface area contributed by atoms with Crippen molar-refractivity contribution in [2.45, 2.75) is 64.2 Å². The van der Waals surface area contributed by atoms with Gasteiger partial charge in [-0.15, -0.1) is 0 Å². The second-order valence-electron chi connectivity index (χ2n) is 7.45. The Bertz CT molecular complexity index is 739. The first-order valence-electron chi connectivity index (χ1n) is 9.69. The van der Waals surface area contributed by atoms with Crippen LogP contribution < -0.4 is 0 Å². The van der Waals surface area contributed by atoms with Crippen LogP contribution in [0.3, 0.4) is 0 Å². The molecule has 1 aliphatic rings. The standard InChI is InChI=1S/C22H26Cl2FN/c1-2-3-4-5-15-6-8-16(9-7-15)19-11-10-17(13-21(19)25)18-12-20(23)22(24)26-14-18/h10-16H,2-9H2,1H3. The van der Waals surface area contributed by atoms with Crippen molar-refractivity contribution in [3.05, 3.63) is 52.0 Å². The molecule has 140 valence electrons. The van der Waals surface area contributed by atoms with E-state index in [4.69, 9.17) is 23.2 Å². The molecule has 0 radical (unpaired) electrons. The first kappa shape index (κ1) is 19.6. The Morgan fingerprint density at radius 2 is 1.81 bits per heavy atom. The number of rotatable bonds is 6. The van der Waals surface area contributed by atoms with Gasteiger partial charge in [0.25, 0.3) is 0 Å². The number of pyridine rings is 1. The molecule has 4 heteroatoms. The van der Waals surface area contributed by atoms with E-state index in [9.17, 15) is 4.39 Å². The molecule has 0 amide bonds. The molecule has 1 heterocycles. The van der Waals surface area contributed by atoms with E-state index < -0.39 is 0 Å². The van der Waals surface area contributed by atoms with Crippen LogP contribution in [-0.4, -0.2) is 4.98 Å². The maximum atomic E-state index is 14.8. The summed E-state index contributed by atoms with van der Waals surface area (Å²) in [7, 11) is 0. The minimum absolute atomic E-state index is 0.122. The lowest BCUT2D eigenvalue weighted by Crippen LogP contribution is -2.14. The van der Waals surface area contributed by atoms with Gasteiger partial charge in [0.15, 0.2) is 0 Å². The predicted molar refractivity (Wildman–Crippen MR) is 108 cm³/mol. The van der Waals surface area contributed by atoms with Crippen molar-refractivity contribution < 1.29 is 4.39 Å². The van der Waals surface area contributed by atoms with Crippen molar-refractivity contribution in [3.8, 4) is 11.1 Å². The summed E-state index contributed by atoms with van der Waals surface area (Å²) in [6.45, 7) is 2.25. The van der Waals surface area contributed by atoms with Gasteiger partial charge < -0.3 is 0 Å². The molecule has 0 N–H and O–H groups in total. The van der Waals surface area contributed by atoms with E-state index in [0.29, 0.717) is 10.9 Å². The molecule has 1 aromatic heterocycles. The van der Waals surface area contributed by atoms with Gasteiger partial charge in [-0.2, -0.15) is 0 Å². The number of halogens is 3. The van der Waals surface area contributed by atoms with Crippen molar-refractivity contribution in [2.24, 2.45) is 5.92 Å². The average molecular weight is 394 g/mol. The van der Waals surface area contributed by atoms with Gasteiger partial charge in [0.05, 0.1) is 5.02 Å². The van der Waals surface area contributed by atoms with Crippen molar-refractivity contribution >= 4 is 23.2 Å². The van der Waals surface area contributed by atoms with Crippen LogP contribution in [-0.2, 0) is 0 Å². The zero-order valence-corrected chi connectivity index (χ0v) is 16.8. The summed E-state index contributed by atoms with van der Waals surface area (Å²) >= 11 is 11.9. The van der Waals surface area contributed by atoms with Crippen molar-refractivity contribution in [1.82, 2.24) is 4.98 Å². The summed E-state index contributed by atoms with van der Waals surface area (Å²) in [5, 5.41) is 0.651. The number of unbranched alkanes of at least 4 members (excludes halogenated alkanes) is 2. The lowest BCUT2D eigenvalue weighted by molar-refractivity contribution is 0.299. The summed E-state index contributed by atoms with van der Waals surface area (Å²) in [4.78, 5) is 4.05. The van der Waals surface area contributed by atoms with Crippen LogP contribution in [0.25, 0.3) is 11.1 Å². The lowest BCUT2D eigenvalue weighted by atomic mass is 9.76. The third kappa shape index (κ3) is 4.78. The van der Waals surface area contributed by atoms with Gasteiger partial charge >= 0.3 is 0 Å². The Hall–Kier alpha value is -1.12. The molecule has 1 fully saturated rings. The summed E-state index contributed by atoms with van der Waals surface area (Å²) in [5.74, 6) is 1.06. The fourth-order valence-electron chi connectivity index (χ4n) is 4.06. The molecule has 1 aliphatic carbocycles. The fourth-order valence-corrected chi connectivity index (χ4v) is 4.33. The summed E-state index contributed by atoms with van der Waals surface area (Å²) in [5.41, 5.74) is 2.42. The number of benzene rings is 1. The second kappa shape index (κ2) is 9.19. The molecule has 0 aliphatic heterocycles. The summed E-state index contributed by atoms with van der Waals surface area (Å²) in [6.07, 6.45) is 11.6. The first-order chi connectivity index (χ1) is 12.6. The molecule has 0 spiro atoms. The first-order valence-corrected chi connectivity index (χ1v) is 10.4. The molecule has 0 unspecified atom stereocenters. The summed E-state index contributed by atoms with van der Waals surface area (Å²) in [6, 6.07) is 7.24. The van der Waals surface area contributed by atoms with E-state index in [1.54, 1.807) is 18.3 Å². The molecule has 26 heavy (non-hydrogen) atoms. The van der Waals surface area contributed by atoms with Gasteiger partial charge in [-0.1, -0.05) is 67.9 Å². The minimum Gasteiger partial charge on any atom is -0.242 e. The number of nitrogens with zero attached hydrogens (tertiary/aromatic N) is 1. The minimum atomic E-state index is -0.122. The van der Waals surface area contributed by atoms with Crippen molar-refractivity contribution in [2.75, 3.05) is 0 Å². The molecular weight excluding hydrogens is 368 g/mol. The number of aromatic nitrogens is 1. The third-order valence-corrected chi connectivity index (χ3v) is 6.32. The van der Waals surface area contributed by atoms with E-state index in [2.05, 4.69) is 11.9 Å². The average Bonchev–Trinajstić information content (AvgIpc) is 2.65. The van der Waals surface area contributed by atoms with Crippen LogP contribution >= 0.6 is 23.2 Å². The highest BCUT2D eigenvalue weighted by atomic mass is 35.5. The third-order valence-electron chi connectivity index (χ3n) is 5.63. The van der Waals surface area contributed by atoms with Crippen molar-refractivity contribution in [1.29, 1.82) is 0 Å². The molecule has 1 aromatic carbocycles. The highest BCUT2D eigenvalue weighted by molar-refractivity contribution is 6.41. The maximum Gasteiger partial charge on any atom is 0.147 e. The smallest absolute Gasteiger partial charge is 0.147 e. The number of hydrogen-bond acceptors (Lipinski definition) is 1. The van der Waals surface area contributed by atoms with E-state index in [1.807, 2.05) is 12.1 Å². The normalized spacial score (nSPS) is 20.3. The van der Waals surface area contributed by atoms with Crippen LogP contribution in [0.4, 0.5) is 4.39 Å². The molecule has 3 rings (SSSR count). The van der Waals surface area contributed by atoms with E-state index in [1.165, 1.54) is 38.5 Å². The van der Waals surface area contributed by atoms with Gasteiger partial charge in [-0.3, -0.25) is 0 Å². The SMILES string of the molecule is CCCCCC1CCC(c2ccc(-c3cnc(Cl)c(Cl)c3)cc2F)CC1. The van der Waals surface area contributed by atoms with Crippen LogP contribution in [0, 0.1) is 11.7 Å². The molecule has 1 saturated carbocycles. The lowest BCUT2D eigenvalue weighted by Gasteiger charge is -2.29.